The zero-order valence-electron chi connectivity index (χ0n) is 13.6. The van der Waals surface area contributed by atoms with Gasteiger partial charge in [0, 0.05) is 6.20 Å². The maximum atomic E-state index is 12.4. The lowest BCUT2D eigenvalue weighted by Crippen LogP contribution is -2.14. The number of nitrogens with two attached hydrogens (primary N) is 1. The summed E-state index contributed by atoms with van der Waals surface area (Å²) in [6.07, 6.45) is 3.04. The molecule has 1 amide bonds. The van der Waals surface area contributed by atoms with Crippen LogP contribution >= 0.6 is 0 Å². The summed E-state index contributed by atoms with van der Waals surface area (Å²) < 4.78 is 28.6. The zero-order chi connectivity index (χ0) is 18.6. The highest BCUT2D eigenvalue weighted by molar-refractivity contribution is 7.95. The summed E-state index contributed by atoms with van der Waals surface area (Å²) >= 11 is 0. The van der Waals surface area contributed by atoms with Crippen LogP contribution in [0.4, 0.5) is 5.69 Å². The molecule has 1 heterocycles. The Kier molecular flexibility index (Phi) is 4.85. The number of hydrogen-bond acceptors (Lipinski definition) is 4. The number of sulfonamides is 1. The van der Waals surface area contributed by atoms with E-state index in [9.17, 15) is 13.2 Å². The number of carbonyl (C=O) groups excluding carboxylic acids is 1. The molecule has 0 fully saturated rings. The smallest absolute Gasteiger partial charge is 0.269 e. The van der Waals surface area contributed by atoms with Crippen LogP contribution in [0.1, 0.15) is 16.1 Å². The number of nitrogens with one attached hydrogen (secondary N) is 1. The Morgan fingerprint density at radius 3 is 2.42 bits per heavy atom. The Morgan fingerprint density at radius 2 is 1.73 bits per heavy atom. The first-order chi connectivity index (χ1) is 12.4. The molecule has 0 saturated heterocycles. The van der Waals surface area contributed by atoms with E-state index in [1.54, 1.807) is 36.4 Å². The largest absolute Gasteiger partial charge is 0.364 e. The first-order valence-electron chi connectivity index (χ1n) is 7.65. The van der Waals surface area contributed by atoms with Crippen molar-refractivity contribution in [2.75, 3.05) is 4.72 Å². The monoisotopic (exact) mass is 368 g/mol. The third-order valence-electron chi connectivity index (χ3n) is 3.48. The minimum atomic E-state index is -3.74. The van der Waals surface area contributed by atoms with Crippen molar-refractivity contribution in [1.29, 1.82) is 0 Å². The van der Waals surface area contributed by atoms with Crippen molar-refractivity contribution >= 4 is 27.7 Å². The Balaban J connectivity index is 1.88. The van der Waals surface area contributed by atoms with Gasteiger partial charge < -0.3 is 5.73 Å². The molecule has 0 spiro atoms. The van der Waals surface area contributed by atoms with Crippen molar-refractivity contribution in [1.82, 2.24) is 9.78 Å². The van der Waals surface area contributed by atoms with Crippen molar-refractivity contribution < 1.29 is 13.2 Å². The van der Waals surface area contributed by atoms with Gasteiger partial charge in [0.05, 0.1) is 16.8 Å². The molecule has 3 rings (SSSR count). The van der Waals surface area contributed by atoms with E-state index in [0.717, 1.165) is 11.0 Å². The lowest BCUT2D eigenvalue weighted by molar-refractivity contribution is 0.0995. The van der Waals surface area contributed by atoms with Crippen LogP contribution in [-0.4, -0.2) is 24.1 Å². The number of primary amides is 1. The van der Waals surface area contributed by atoms with Crippen molar-refractivity contribution in [2.45, 2.75) is 0 Å². The zero-order valence-corrected chi connectivity index (χ0v) is 14.4. The highest BCUT2D eigenvalue weighted by atomic mass is 32.2. The molecule has 3 aromatic rings. The summed E-state index contributed by atoms with van der Waals surface area (Å²) in [7, 11) is -3.74. The van der Waals surface area contributed by atoms with Gasteiger partial charge in [-0.05, 0) is 29.8 Å². The molecule has 0 radical (unpaired) electrons. The molecule has 0 unspecified atom stereocenters. The molecule has 2 aromatic carbocycles. The highest BCUT2D eigenvalue weighted by Gasteiger charge is 2.13. The Hall–Kier alpha value is -3.39. The summed E-state index contributed by atoms with van der Waals surface area (Å²) in [4.78, 5) is 11.2. The fraction of sp³-hybridized carbons (Fsp3) is 0. The number of rotatable bonds is 6. The van der Waals surface area contributed by atoms with E-state index in [2.05, 4.69) is 9.82 Å². The van der Waals surface area contributed by atoms with Crippen LogP contribution in [0.25, 0.3) is 11.8 Å². The standard InChI is InChI=1S/C18H16N4O3S/c19-18(23)16-10-12-22(20-16)17-9-5-4-8-15(17)21-26(24,25)13-11-14-6-2-1-3-7-14/h1-13,21H,(H2,19,23)/b13-11+. The number of anilines is 1. The molecule has 3 N–H and O–H groups in total. The van der Waals surface area contributed by atoms with Crippen LogP contribution in [-0.2, 0) is 10.0 Å². The fourth-order valence-electron chi connectivity index (χ4n) is 2.27. The van der Waals surface area contributed by atoms with Gasteiger partial charge in [0.2, 0.25) is 0 Å². The van der Waals surface area contributed by atoms with Crippen molar-refractivity contribution in [3.8, 4) is 5.69 Å². The van der Waals surface area contributed by atoms with Gasteiger partial charge >= 0.3 is 0 Å². The quantitative estimate of drug-likeness (QED) is 0.696. The molecule has 7 nitrogen and oxygen atoms in total. The normalized spacial score (nSPS) is 11.5. The average molecular weight is 368 g/mol. The van der Waals surface area contributed by atoms with Gasteiger partial charge in [-0.2, -0.15) is 5.10 Å². The number of para-hydroxylation sites is 2. The summed E-state index contributed by atoms with van der Waals surface area (Å²) in [5.41, 5.74) is 6.85. The second kappa shape index (κ2) is 7.24. The summed E-state index contributed by atoms with van der Waals surface area (Å²) in [5, 5.41) is 5.15. The van der Waals surface area contributed by atoms with E-state index in [-0.39, 0.29) is 5.69 Å². The number of aromatic nitrogens is 2. The maximum Gasteiger partial charge on any atom is 0.269 e. The van der Waals surface area contributed by atoms with Crippen LogP contribution in [0.15, 0.2) is 72.3 Å². The van der Waals surface area contributed by atoms with Crippen LogP contribution in [0.2, 0.25) is 0 Å². The molecule has 0 atom stereocenters. The lowest BCUT2D eigenvalue weighted by Gasteiger charge is -2.10. The highest BCUT2D eigenvalue weighted by Crippen LogP contribution is 2.21. The van der Waals surface area contributed by atoms with E-state index in [1.165, 1.54) is 23.0 Å². The van der Waals surface area contributed by atoms with E-state index in [0.29, 0.717) is 11.4 Å². The van der Waals surface area contributed by atoms with Crippen molar-refractivity contribution in [3.05, 3.63) is 83.5 Å². The van der Waals surface area contributed by atoms with Gasteiger partial charge in [0.15, 0.2) is 0 Å². The van der Waals surface area contributed by atoms with Crippen LogP contribution in [0.3, 0.4) is 0 Å². The molecule has 0 saturated carbocycles. The van der Waals surface area contributed by atoms with Crippen LogP contribution < -0.4 is 10.5 Å². The maximum absolute atomic E-state index is 12.4. The van der Waals surface area contributed by atoms with Gasteiger partial charge in [-0.15, -0.1) is 0 Å². The van der Waals surface area contributed by atoms with Crippen LogP contribution in [0, 0.1) is 0 Å². The predicted molar refractivity (Wildman–Crippen MR) is 100 cm³/mol. The summed E-state index contributed by atoms with van der Waals surface area (Å²) in [6.45, 7) is 0. The fourth-order valence-corrected chi connectivity index (χ4v) is 3.15. The lowest BCUT2D eigenvalue weighted by atomic mass is 10.2. The minimum absolute atomic E-state index is 0.0895. The second-order valence-corrected chi connectivity index (χ2v) is 6.95. The molecule has 26 heavy (non-hydrogen) atoms. The van der Waals surface area contributed by atoms with E-state index >= 15 is 0 Å². The molecule has 8 heteroatoms. The summed E-state index contributed by atoms with van der Waals surface area (Å²) in [5.74, 6) is -0.660. The molecule has 132 valence electrons. The molecule has 0 aliphatic carbocycles. The van der Waals surface area contributed by atoms with Gasteiger partial charge in [-0.25, -0.2) is 13.1 Å². The SMILES string of the molecule is NC(=O)c1ccn(-c2ccccc2NS(=O)(=O)/C=C/c2ccccc2)n1. The summed E-state index contributed by atoms with van der Waals surface area (Å²) in [6, 6.07) is 17.3. The number of hydrogen-bond donors (Lipinski definition) is 2. The third kappa shape index (κ3) is 4.17. The van der Waals surface area contributed by atoms with Crippen molar-refractivity contribution in [3.63, 3.8) is 0 Å². The molecule has 0 bridgehead atoms. The third-order valence-corrected chi connectivity index (χ3v) is 4.48. The van der Waals surface area contributed by atoms with Gasteiger partial charge in [0.25, 0.3) is 15.9 Å². The minimum Gasteiger partial charge on any atom is -0.364 e. The number of amides is 1. The number of benzene rings is 2. The first kappa shape index (κ1) is 17.4. The number of nitrogens with zero attached hydrogens (tertiary/aromatic N) is 2. The molecule has 1 aromatic heterocycles. The number of carbonyl (C=O) groups is 1. The molecular weight excluding hydrogens is 352 g/mol. The van der Waals surface area contributed by atoms with E-state index in [4.69, 9.17) is 5.73 Å². The van der Waals surface area contributed by atoms with Gasteiger partial charge in [-0.3, -0.25) is 9.52 Å². The molecule has 0 aliphatic heterocycles. The Bertz CT molecular complexity index is 1060. The van der Waals surface area contributed by atoms with E-state index < -0.39 is 15.9 Å². The molecule has 0 aliphatic rings. The van der Waals surface area contributed by atoms with E-state index in [1.807, 2.05) is 18.2 Å². The Morgan fingerprint density at radius 1 is 1.04 bits per heavy atom. The van der Waals surface area contributed by atoms with Crippen molar-refractivity contribution in [2.24, 2.45) is 5.73 Å². The second-order valence-electron chi connectivity index (χ2n) is 5.39. The van der Waals surface area contributed by atoms with Crippen LogP contribution in [0.5, 0.6) is 0 Å². The van der Waals surface area contributed by atoms with Gasteiger partial charge in [-0.1, -0.05) is 42.5 Å². The average Bonchev–Trinajstić information content (AvgIpc) is 3.11. The topological polar surface area (TPSA) is 107 Å². The van der Waals surface area contributed by atoms with Gasteiger partial charge in [0.1, 0.15) is 5.69 Å². The first-order valence-corrected chi connectivity index (χ1v) is 9.20. The predicted octanol–water partition coefficient (Wildman–Crippen LogP) is 2.38. The Labute approximate surface area is 150 Å². The molecular formula is C18H16N4O3S.